The average Bonchev–Trinajstić information content (AvgIpc) is 2.25. The normalized spacial score (nSPS) is 9.86. The molecule has 1 aromatic heterocycles. The molecule has 1 heterocycles. The zero-order valence-corrected chi connectivity index (χ0v) is 8.49. The predicted molar refractivity (Wildman–Crippen MR) is 53.6 cm³/mol. The summed E-state index contributed by atoms with van der Waals surface area (Å²) in [5.74, 6) is 1.27. The molecule has 0 atom stereocenters. The molecule has 0 unspecified atom stereocenters. The molecule has 1 aromatic rings. The fraction of sp³-hybridized carbons (Fsp3) is 0.556. The summed E-state index contributed by atoms with van der Waals surface area (Å²) in [6.45, 7) is 1.54. The first-order valence-corrected chi connectivity index (χ1v) is 4.45. The van der Waals surface area contributed by atoms with Crippen molar-refractivity contribution in [1.29, 1.82) is 0 Å². The summed E-state index contributed by atoms with van der Waals surface area (Å²) < 4.78 is 9.85. The number of anilines is 1. The van der Waals surface area contributed by atoms with Crippen LogP contribution < -0.4 is 10.1 Å². The van der Waals surface area contributed by atoms with Gasteiger partial charge in [0.25, 0.3) is 0 Å². The number of nitrogens with zero attached hydrogens (tertiary/aromatic N) is 2. The molecule has 0 radical (unpaired) electrons. The van der Waals surface area contributed by atoms with E-state index >= 15 is 0 Å². The third-order valence-electron chi connectivity index (χ3n) is 1.67. The first-order valence-electron chi connectivity index (χ1n) is 4.45. The molecular formula is C9H15N3O2. The van der Waals surface area contributed by atoms with E-state index in [0.717, 1.165) is 19.6 Å². The van der Waals surface area contributed by atoms with Crippen molar-refractivity contribution in [3.05, 3.63) is 12.4 Å². The quantitative estimate of drug-likeness (QED) is 0.688. The standard InChI is InChI=1S/C9H15N3O2/c1-13-5-3-4-10-9-11-6-8(14-2)7-12-9/h6-7H,3-5H2,1-2H3,(H,10,11,12). The van der Waals surface area contributed by atoms with Crippen LogP contribution in [0.1, 0.15) is 6.42 Å². The smallest absolute Gasteiger partial charge is 0.222 e. The van der Waals surface area contributed by atoms with Gasteiger partial charge in [0.05, 0.1) is 19.5 Å². The lowest BCUT2D eigenvalue weighted by Crippen LogP contribution is -2.07. The molecule has 5 nitrogen and oxygen atoms in total. The molecule has 78 valence electrons. The predicted octanol–water partition coefficient (Wildman–Crippen LogP) is 0.934. The van der Waals surface area contributed by atoms with Crippen LogP contribution in [0.2, 0.25) is 0 Å². The Bertz CT molecular complexity index is 251. The maximum atomic E-state index is 4.94. The van der Waals surface area contributed by atoms with Crippen LogP contribution in [-0.2, 0) is 4.74 Å². The Morgan fingerprint density at radius 1 is 1.29 bits per heavy atom. The van der Waals surface area contributed by atoms with Crippen molar-refractivity contribution in [3.8, 4) is 5.75 Å². The van der Waals surface area contributed by atoms with Gasteiger partial charge in [0.1, 0.15) is 0 Å². The number of nitrogens with one attached hydrogen (secondary N) is 1. The largest absolute Gasteiger partial charge is 0.494 e. The van der Waals surface area contributed by atoms with Crippen LogP contribution in [-0.4, -0.2) is 37.3 Å². The van der Waals surface area contributed by atoms with E-state index in [-0.39, 0.29) is 0 Å². The Kier molecular flexibility index (Phi) is 4.71. The summed E-state index contributed by atoms with van der Waals surface area (Å²) in [5.41, 5.74) is 0. The molecule has 0 amide bonds. The van der Waals surface area contributed by atoms with E-state index < -0.39 is 0 Å². The highest BCUT2D eigenvalue weighted by atomic mass is 16.5. The lowest BCUT2D eigenvalue weighted by molar-refractivity contribution is 0.197. The van der Waals surface area contributed by atoms with E-state index in [2.05, 4.69) is 15.3 Å². The average molecular weight is 197 g/mol. The van der Waals surface area contributed by atoms with Gasteiger partial charge in [-0.1, -0.05) is 0 Å². The zero-order valence-electron chi connectivity index (χ0n) is 8.49. The van der Waals surface area contributed by atoms with Gasteiger partial charge in [-0.3, -0.25) is 0 Å². The van der Waals surface area contributed by atoms with E-state index in [4.69, 9.17) is 9.47 Å². The first-order chi connectivity index (χ1) is 6.86. The van der Waals surface area contributed by atoms with Crippen LogP contribution in [0.25, 0.3) is 0 Å². The van der Waals surface area contributed by atoms with E-state index in [1.165, 1.54) is 0 Å². The zero-order chi connectivity index (χ0) is 10.2. The van der Waals surface area contributed by atoms with Crippen LogP contribution >= 0.6 is 0 Å². The first kappa shape index (κ1) is 10.7. The molecule has 0 aliphatic heterocycles. The van der Waals surface area contributed by atoms with Crippen LogP contribution in [0.15, 0.2) is 12.4 Å². The summed E-state index contributed by atoms with van der Waals surface area (Å²) in [5, 5.41) is 3.07. The minimum Gasteiger partial charge on any atom is -0.494 e. The van der Waals surface area contributed by atoms with E-state index in [1.807, 2.05) is 0 Å². The Morgan fingerprint density at radius 3 is 2.57 bits per heavy atom. The molecule has 5 heteroatoms. The number of aromatic nitrogens is 2. The van der Waals surface area contributed by atoms with E-state index in [1.54, 1.807) is 26.6 Å². The number of hydrogen-bond acceptors (Lipinski definition) is 5. The summed E-state index contributed by atoms with van der Waals surface area (Å²) in [6, 6.07) is 0. The number of methoxy groups -OCH3 is 2. The molecule has 0 bridgehead atoms. The molecule has 1 rings (SSSR count). The number of ether oxygens (including phenoxy) is 2. The number of hydrogen-bond donors (Lipinski definition) is 1. The van der Waals surface area contributed by atoms with Gasteiger partial charge in [0.2, 0.25) is 5.95 Å². The van der Waals surface area contributed by atoms with Crippen molar-refractivity contribution in [2.45, 2.75) is 6.42 Å². The maximum absolute atomic E-state index is 4.94. The Balaban J connectivity index is 2.29. The minimum absolute atomic E-state index is 0.613. The molecule has 0 saturated carbocycles. The summed E-state index contributed by atoms with van der Waals surface area (Å²) >= 11 is 0. The molecule has 0 aliphatic carbocycles. The van der Waals surface area contributed by atoms with Gasteiger partial charge in [-0.15, -0.1) is 0 Å². The van der Waals surface area contributed by atoms with Crippen LogP contribution in [0.4, 0.5) is 5.95 Å². The topological polar surface area (TPSA) is 56.3 Å². The van der Waals surface area contributed by atoms with Crippen LogP contribution in [0, 0.1) is 0 Å². The highest BCUT2D eigenvalue weighted by Gasteiger charge is 1.95. The molecule has 0 fully saturated rings. The highest BCUT2D eigenvalue weighted by Crippen LogP contribution is 2.06. The van der Waals surface area contributed by atoms with Crippen molar-refractivity contribution in [2.24, 2.45) is 0 Å². The fourth-order valence-electron chi connectivity index (χ4n) is 0.930. The van der Waals surface area contributed by atoms with E-state index in [0.29, 0.717) is 11.7 Å². The second-order valence-electron chi connectivity index (χ2n) is 2.72. The Hall–Kier alpha value is -1.36. The fourth-order valence-corrected chi connectivity index (χ4v) is 0.930. The van der Waals surface area contributed by atoms with Crippen molar-refractivity contribution in [2.75, 3.05) is 32.7 Å². The monoisotopic (exact) mass is 197 g/mol. The van der Waals surface area contributed by atoms with E-state index in [9.17, 15) is 0 Å². The lowest BCUT2D eigenvalue weighted by Gasteiger charge is -2.04. The molecule has 14 heavy (non-hydrogen) atoms. The number of rotatable bonds is 6. The van der Waals surface area contributed by atoms with Gasteiger partial charge in [0.15, 0.2) is 5.75 Å². The van der Waals surface area contributed by atoms with Crippen molar-refractivity contribution in [3.63, 3.8) is 0 Å². The van der Waals surface area contributed by atoms with Gasteiger partial charge in [-0.25, -0.2) is 9.97 Å². The SMILES string of the molecule is COCCCNc1ncc(OC)cn1. The molecular weight excluding hydrogens is 182 g/mol. The van der Waals surface area contributed by atoms with Crippen molar-refractivity contribution >= 4 is 5.95 Å². The molecule has 0 spiro atoms. The Morgan fingerprint density at radius 2 is 2.00 bits per heavy atom. The van der Waals surface area contributed by atoms with Crippen LogP contribution in [0.5, 0.6) is 5.75 Å². The third-order valence-corrected chi connectivity index (χ3v) is 1.67. The minimum atomic E-state index is 0.613. The molecule has 0 aliphatic rings. The molecule has 0 aromatic carbocycles. The van der Waals surface area contributed by atoms with Gasteiger partial charge >= 0.3 is 0 Å². The lowest BCUT2D eigenvalue weighted by atomic mass is 10.4. The van der Waals surface area contributed by atoms with Crippen LogP contribution in [0.3, 0.4) is 0 Å². The summed E-state index contributed by atoms with van der Waals surface area (Å²) in [6.07, 6.45) is 4.20. The Labute approximate surface area is 83.5 Å². The maximum Gasteiger partial charge on any atom is 0.222 e. The van der Waals surface area contributed by atoms with Gasteiger partial charge < -0.3 is 14.8 Å². The van der Waals surface area contributed by atoms with Gasteiger partial charge in [0, 0.05) is 20.3 Å². The highest BCUT2D eigenvalue weighted by molar-refractivity contribution is 5.26. The van der Waals surface area contributed by atoms with Crippen molar-refractivity contribution < 1.29 is 9.47 Å². The second-order valence-corrected chi connectivity index (χ2v) is 2.72. The summed E-state index contributed by atoms with van der Waals surface area (Å²) in [4.78, 5) is 8.12. The van der Waals surface area contributed by atoms with Gasteiger partial charge in [-0.2, -0.15) is 0 Å². The third kappa shape index (κ3) is 3.57. The molecule has 0 saturated heterocycles. The molecule has 1 N–H and O–H groups in total. The second kappa shape index (κ2) is 6.15. The summed E-state index contributed by atoms with van der Waals surface area (Å²) in [7, 11) is 3.27. The van der Waals surface area contributed by atoms with Crippen molar-refractivity contribution in [1.82, 2.24) is 9.97 Å². The van der Waals surface area contributed by atoms with Gasteiger partial charge in [-0.05, 0) is 6.42 Å².